The lowest BCUT2D eigenvalue weighted by Crippen LogP contribution is -2.32. The van der Waals surface area contributed by atoms with Gasteiger partial charge in [0, 0.05) is 20.1 Å². The molecule has 0 radical (unpaired) electrons. The Morgan fingerprint density at radius 3 is 2.41 bits per heavy atom. The average molecular weight is 256 g/mol. The first-order valence-corrected chi connectivity index (χ1v) is 7.02. The van der Waals surface area contributed by atoms with Crippen LogP contribution in [0.4, 0.5) is 0 Å². The predicted molar refractivity (Wildman–Crippen MR) is 69.7 cm³/mol. The topological polar surface area (TPSA) is 49.4 Å². The normalized spacial score (nSPS) is 12.1. The highest BCUT2D eigenvalue weighted by molar-refractivity contribution is 7.89. The number of rotatable bonds is 5. The smallest absolute Gasteiger partial charge is 0.242 e. The van der Waals surface area contributed by atoms with Crippen molar-refractivity contribution in [3.05, 3.63) is 29.3 Å². The van der Waals surface area contributed by atoms with E-state index in [2.05, 4.69) is 5.32 Å². The second-order valence-corrected chi connectivity index (χ2v) is 6.22. The Hall–Kier alpha value is -0.910. The molecule has 17 heavy (non-hydrogen) atoms. The molecule has 0 aliphatic rings. The summed E-state index contributed by atoms with van der Waals surface area (Å²) in [6, 6.07) is 5.22. The van der Waals surface area contributed by atoms with Gasteiger partial charge in [-0.3, -0.25) is 0 Å². The predicted octanol–water partition coefficient (Wildman–Crippen LogP) is 1.14. The van der Waals surface area contributed by atoms with Crippen LogP contribution in [0.15, 0.2) is 23.1 Å². The molecule has 0 fully saturated rings. The Morgan fingerprint density at radius 1 is 1.24 bits per heavy atom. The lowest BCUT2D eigenvalue weighted by atomic mass is 10.1. The Bertz CT molecular complexity index is 483. The van der Waals surface area contributed by atoms with E-state index in [1.807, 2.05) is 19.9 Å². The third kappa shape index (κ3) is 3.28. The fraction of sp³-hybridized carbons (Fsp3) is 0.500. The number of nitrogens with zero attached hydrogens (tertiary/aromatic N) is 1. The Balaban J connectivity index is 3.00. The van der Waals surface area contributed by atoms with Crippen molar-refractivity contribution in [3.63, 3.8) is 0 Å². The van der Waals surface area contributed by atoms with Gasteiger partial charge in [0.05, 0.1) is 4.90 Å². The minimum absolute atomic E-state index is 0.360. The van der Waals surface area contributed by atoms with Crippen LogP contribution in [0.2, 0.25) is 0 Å². The fourth-order valence-electron chi connectivity index (χ4n) is 1.44. The number of likely N-dealkylation sites (N-methyl/N-ethyl adjacent to an activating group) is 2. The van der Waals surface area contributed by atoms with Crippen LogP contribution in [0.25, 0.3) is 0 Å². The van der Waals surface area contributed by atoms with Gasteiger partial charge in [-0.25, -0.2) is 8.42 Å². The highest BCUT2D eigenvalue weighted by Crippen LogP contribution is 2.17. The Morgan fingerprint density at radius 2 is 1.88 bits per heavy atom. The van der Waals surface area contributed by atoms with Gasteiger partial charge in [-0.1, -0.05) is 6.07 Å². The monoisotopic (exact) mass is 256 g/mol. The van der Waals surface area contributed by atoms with E-state index in [9.17, 15) is 8.42 Å². The number of sulfonamides is 1. The molecule has 1 rings (SSSR count). The van der Waals surface area contributed by atoms with E-state index < -0.39 is 10.0 Å². The van der Waals surface area contributed by atoms with E-state index in [-0.39, 0.29) is 0 Å². The highest BCUT2D eigenvalue weighted by Gasteiger charge is 2.20. The summed E-state index contributed by atoms with van der Waals surface area (Å²) >= 11 is 0. The molecular weight excluding hydrogens is 236 g/mol. The molecule has 1 N–H and O–H groups in total. The molecule has 0 atom stereocenters. The molecule has 0 bridgehead atoms. The van der Waals surface area contributed by atoms with E-state index >= 15 is 0 Å². The molecule has 0 aromatic heterocycles. The van der Waals surface area contributed by atoms with Crippen molar-refractivity contribution in [2.24, 2.45) is 0 Å². The van der Waals surface area contributed by atoms with Crippen molar-refractivity contribution in [2.45, 2.75) is 18.7 Å². The molecular formula is C12H20N2O2S. The van der Waals surface area contributed by atoms with Crippen molar-refractivity contribution in [1.29, 1.82) is 0 Å². The van der Waals surface area contributed by atoms with Crippen molar-refractivity contribution in [1.82, 2.24) is 9.62 Å². The summed E-state index contributed by atoms with van der Waals surface area (Å²) in [5, 5.41) is 2.94. The van der Waals surface area contributed by atoms with Gasteiger partial charge in [-0.05, 0) is 44.2 Å². The van der Waals surface area contributed by atoms with Gasteiger partial charge < -0.3 is 5.32 Å². The number of nitrogens with one attached hydrogen (secondary N) is 1. The summed E-state index contributed by atoms with van der Waals surface area (Å²) in [6.45, 7) is 4.99. The Labute approximate surface area is 104 Å². The van der Waals surface area contributed by atoms with Crippen molar-refractivity contribution >= 4 is 10.0 Å². The SMILES string of the molecule is CNCCN(C)S(=O)(=O)c1ccc(C)c(C)c1. The molecule has 4 nitrogen and oxygen atoms in total. The molecule has 0 heterocycles. The van der Waals surface area contributed by atoms with Crippen LogP contribution in [-0.4, -0.2) is 39.9 Å². The van der Waals surface area contributed by atoms with Crippen LogP contribution < -0.4 is 5.32 Å². The lowest BCUT2D eigenvalue weighted by molar-refractivity contribution is 0.466. The third-order valence-electron chi connectivity index (χ3n) is 2.86. The molecule has 0 aliphatic heterocycles. The van der Waals surface area contributed by atoms with Gasteiger partial charge >= 0.3 is 0 Å². The standard InChI is InChI=1S/C12H20N2O2S/c1-10-5-6-12(9-11(10)2)17(15,16)14(4)8-7-13-3/h5-6,9,13H,7-8H2,1-4H3. The maximum Gasteiger partial charge on any atom is 0.242 e. The summed E-state index contributed by atoms with van der Waals surface area (Å²) in [4.78, 5) is 0.360. The van der Waals surface area contributed by atoms with Crippen molar-refractivity contribution in [3.8, 4) is 0 Å². The van der Waals surface area contributed by atoms with Crippen LogP contribution in [0, 0.1) is 13.8 Å². The zero-order valence-electron chi connectivity index (χ0n) is 10.8. The van der Waals surface area contributed by atoms with E-state index in [4.69, 9.17) is 0 Å². The summed E-state index contributed by atoms with van der Waals surface area (Å²) in [6.07, 6.45) is 0. The van der Waals surface area contributed by atoms with Crippen LogP contribution >= 0.6 is 0 Å². The largest absolute Gasteiger partial charge is 0.318 e. The van der Waals surface area contributed by atoms with E-state index in [1.165, 1.54) is 4.31 Å². The molecule has 5 heteroatoms. The first-order valence-electron chi connectivity index (χ1n) is 5.58. The molecule has 0 saturated carbocycles. The zero-order valence-corrected chi connectivity index (χ0v) is 11.6. The van der Waals surface area contributed by atoms with Gasteiger partial charge in [-0.2, -0.15) is 4.31 Å². The van der Waals surface area contributed by atoms with E-state index in [1.54, 1.807) is 26.2 Å². The minimum atomic E-state index is -3.36. The first kappa shape index (κ1) is 14.2. The molecule has 96 valence electrons. The number of benzene rings is 1. The lowest BCUT2D eigenvalue weighted by Gasteiger charge is -2.17. The van der Waals surface area contributed by atoms with E-state index in [0.717, 1.165) is 11.1 Å². The summed E-state index contributed by atoms with van der Waals surface area (Å²) in [5.74, 6) is 0. The van der Waals surface area contributed by atoms with Gasteiger partial charge in [0.15, 0.2) is 0 Å². The van der Waals surface area contributed by atoms with Crippen molar-refractivity contribution < 1.29 is 8.42 Å². The number of hydrogen-bond acceptors (Lipinski definition) is 3. The average Bonchev–Trinajstić information content (AvgIpc) is 2.29. The molecule has 0 unspecified atom stereocenters. The second-order valence-electron chi connectivity index (χ2n) is 4.18. The highest BCUT2D eigenvalue weighted by atomic mass is 32.2. The number of hydrogen-bond donors (Lipinski definition) is 1. The summed E-state index contributed by atoms with van der Waals surface area (Å²) in [7, 11) is 0.0440. The van der Waals surface area contributed by atoms with E-state index in [0.29, 0.717) is 18.0 Å². The molecule has 0 amide bonds. The number of aryl methyl sites for hydroxylation is 2. The van der Waals surface area contributed by atoms with Gasteiger partial charge in [-0.15, -0.1) is 0 Å². The maximum absolute atomic E-state index is 12.2. The van der Waals surface area contributed by atoms with Crippen LogP contribution in [0.1, 0.15) is 11.1 Å². The minimum Gasteiger partial charge on any atom is -0.318 e. The molecule has 1 aromatic carbocycles. The quantitative estimate of drug-likeness (QED) is 0.859. The van der Waals surface area contributed by atoms with Crippen LogP contribution in [0.5, 0.6) is 0 Å². The fourth-order valence-corrected chi connectivity index (χ4v) is 2.70. The Kier molecular flexibility index (Phi) is 4.68. The van der Waals surface area contributed by atoms with Gasteiger partial charge in [0.25, 0.3) is 0 Å². The first-order chi connectivity index (χ1) is 7.89. The molecule has 1 aromatic rings. The van der Waals surface area contributed by atoms with Crippen LogP contribution in [0.3, 0.4) is 0 Å². The third-order valence-corrected chi connectivity index (χ3v) is 4.72. The molecule has 0 saturated heterocycles. The van der Waals surface area contributed by atoms with Crippen molar-refractivity contribution in [2.75, 3.05) is 27.2 Å². The van der Waals surface area contributed by atoms with Gasteiger partial charge in [0.2, 0.25) is 10.0 Å². The summed E-state index contributed by atoms with van der Waals surface area (Å²) < 4.78 is 25.8. The second kappa shape index (κ2) is 5.62. The summed E-state index contributed by atoms with van der Waals surface area (Å²) in [5.41, 5.74) is 2.09. The molecule has 0 aliphatic carbocycles. The van der Waals surface area contributed by atoms with Gasteiger partial charge in [0.1, 0.15) is 0 Å². The zero-order chi connectivity index (χ0) is 13.1. The van der Waals surface area contributed by atoms with Crippen LogP contribution in [-0.2, 0) is 10.0 Å². The maximum atomic E-state index is 12.2. The molecule has 0 spiro atoms.